The van der Waals surface area contributed by atoms with Crippen LogP contribution in [0.2, 0.25) is 0 Å². The average molecular weight is 230 g/mol. The largest absolute Gasteiger partial charge is 0.480 e. The van der Waals surface area contributed by atoms with Gasteiger partial charge in [0.05, 0.1) is 19.1 Å². The Bertz CT molecular complexity index is 270. The van der Waals surface area contributed by atoms with Gasteiger partial charge in [-0.25, -0.2) is 4.79 Å². The van der Waals surface area contributed by atoms with Gasteiger partial charge in [-0.2, -0.15) is 0 Å². The summed E-state index contributed by atoms with van der Waals surface area (Å²) in [7, 11) is 0. The number of hydrogen-bond acceptors (Lipinski definition) is 4. The first-order valence-electron chi connectivity index (χ1n) is 5.42. The minimum absolute atomic E-state index is 0.269. The molecular formula is C10H18N2O4. The van der Waals surface area contributed by atoms with Crippen molar-refractivity contribution < 1.29 is 19.4 Å². The first kappa shape index (κ1) is 12.9. The number of carbonyl (C=O) groups excluding carboxylic acids is 1. The second-order valence-corrected chi connectivity index (χ2v) is 4.00. The smallest absolute Gasteiger partial charge is 0.326 e. The van der Waals surface area contributed by atoms with Crippen LogP contribution in [-0.2, 0) is 14.3 Å². The standard InChI is InChI=1S/C10H18N2O4/c1-2-3-8(10(14)15)12-9(13)6-4-16-5-7(6)11/h6-8H,2-5,11H2,1H3,(H,12,13)(H,14,15)/t6?,7?,8-/m1/s1. The topological polar surface area (TPSA) is 102 Å². The summed E-state index contributed by atoms with van der Waals surface area (Å²) in [4.78, 5) is 22.6. The molecule has 6 nitrogen and oxygen atoms in total. The molecule has 0 aliphatic carbocycles. The zero-order valence-corrected chi connectivity index (χ0v) is 9.31. The highest BCUT2D eigenvalue weighted by Crippen LogP contribution is 2.12. The van der Waals surface area contributed by atoms with Gasteiger partial charge in [0.15, 0.2) is 0 Å². The second kappa shape index (κ2) is 5.81. The maximum absolute atomic E-state index is 11.7. The van der Waals surface area contributed by atoms with E-state index in [9.17, 15) is 9.59 Å². The number of carbonyl (C=O) groups is 2. The highest BCUT2D eigenvalue weighted by molar-refractivity contribution is 5.85. The van der Waals surface area contributed by atoms with E-state index in [2.05, 4.69) is 5.32 Å². The molecule has 0 saturated carbocycles. The van der Waals surface area contributed by atoms with E-state index in [4.69, 9.17) is 15.6 Å². The van der Waals surface area contributed by atoms with E-state index in [1.165, 1.54) is 0 Å². The molecule has 4 N–H and O–H groups in total. The fraction of sp³-hybridized carbons (Fsp3) is 0.800. The van der Waals surface area contributed by atoms with Crippen LogP contribution in [0, 0.1) is 5.92 Å². The van der Waals surface area contributed by atoms with E-state index in [1.807, 2.05) is 6.92 Å². The van der Waals surface area contributed by atoms with Crippen LogP contribution in [0.25, 0.3) is 0 Å². The summed E-state index contributed by atoms with van der Waals surface area (Å²) in [6.07, 6.45) is 1.12. The van der Waals surface area contributed by atoms with Gasteiger partial charge in [0, 0.05) is 6.04 Å². The predicted molar refractivity (Wildman–Crippen MR) is 56.8 cm³/mol. The van der Waals surface area contributed by atoms with Crippen LogP contribution < -0.4 is 11.1 Å². The van der Waals surface area contributed by atoms with Gasteiger partial charge in [-0.15, -0.1) is 0 Å². The van der Waals surface area contributed by atoms with Crippen molar-refractivity contribution in [3.63, 3.8) is 0 Å². The zero-order valence-electron chi connectivity index (χ0n) is 9.31. The van der Waals surface area contributed by atoms with Crippen molar-refractivity contribution in [2.24, 2.45) is 11.7 Å². The molecule has 0 spiro atoms. The SMILES string of the molecule is CCC[C@@H](NC(=O)C1COCC1N)C(=O)O. The lowest BCUT2D eigenvalue weighted by molar-refractivity contribution is -0.142. The van der Waals surface area contributed by atoms with Crippen molar-refractivity contribution in [3.05, 3.63) is 0 Å². The van der Waals surface area contributed by atoms with E-state index in [0.29, 0.717) is 19.4 Å². The van der Waals surface area contributed by atoms with E-state index in [-0.39, 0.29) is 18.6 Å². The Morgan fingerprint density at radius 1 is 1.56 bits per heavy atom. The number of ether oxygens (including phenoxy) is 1. The van der Waals surface area contributed by atoms with E-state index < -0.39 is 17.9 Å². The number of rotatable bonds is 5. The Labute approximate surface area is 94.1 Å². The first-order valence-corrected chi connectivity index (χ1v) is 5.42. The summed E-state index contributed by atoms with van der Waals surface area (Å²) in [5, 5.41) is 11.4. The molecule has 16 heavy (non-hydrogen) atoms. The number of carboxylic acid groups (broad SMARTS) is 1. The van der Waals surface area contributed by atoms with Crippen LogP contribution in [0.5, 0.6) is 0 Å². The fourth-order valence-electron chi connectivity index (χ4n) is 1.67. The molecular weight excluding hydrogens is 212 g/mol. The third-order valence-electron chi connectivity index (χ3n) is 2.65. The molecule has 92 valence electrons. The number of nitrogens with one attached hydrogen (secondary N) is 1. The molecule has 1 aliphatic heterocycles. The van der Waals surface area contributed by atoms with Crippen molar-refractivity contribution in [1.29, 1.82) is 0 Å². The first-order chi connectivity index (χ1) is 7.56. The number of hydrogen-bond donors (Lipinski definition) is 3. The minimum atomic E-state index is -1.01. The molecule has 2 unspecified atom stereocenters. The molecule has 0 radical (unpaired) electrons. The van der Waals surface area contributed by atoms with Crippen LogP contribution in [-0.4, -0.2) is 42.3 Å². The predicted octanol–water partition coefficient (Wildman–Crippen LogP) is -0.670. The molecule has 0 aromatic rings. The number of nitrogens with two attached hydrogens (primary N) is 1. The molecule has 0 aromatic heterocycles. The van der Waals surface area contributed by atoms with Crippen LogP contribution in [0.4, 0.5) is 0 Å². The molecule has 1 fully saturated rings. The van der Waals surface area contributed by atoms with Crippen molar-refractivity contribution in [2.75, 3.05) is 13.2 Å². The second-order valence-electron chi connectivity index (χ2n) is 4.00. The Hall–Kier alpha value is -1.14. The van der Waals surface area contributed by atoms with Crippen LogP contribution in [0.3, 0.4) is 0 Å². The molecule has 0 aromatic carbocycles. The average Bonchev–Trinajstić information content (AvgIpc) is 2.63. The fourth-order valence-corrected chi connectivity index (χ4v) is 1.67. The summed E-state index contributed by atoms with van der Waals surface area (Å²) in [6, 6.07) is -1.17. The van der Waals surface area contributed by atoms with Crippen molar-refractivity contribution in [2.45, 2.75) is 31.8 Å². The molecule has 1 amide bonds. The quantitative estimate of drug-likeness (QED) is 0.581. The summed E-state index contributed by atoms with van der Waals surface area (Å²) in [5.74, 6) is -1.77. The summed E-state index contributed by atoms with van der Waals surface area (Å²) >= 11 is 0. The van der Waals surface area contributed by atoms with Crippen molar-refractivity contribution >= 4 is 11.9 Å². The third-order valence-corrected chi connectivity index (χ3v) is 2.65. The van der Waals surface area contributed by atoms with Crippen LogP contribution in [0.15, 0.2) is 0 Å². The van der Waals surface area contributed by atoms with Gasteiger partial charge < -0.3 is 20.9 Å². The Balaban J connectivity index is 2.50. The van der Waals surface area contributed by atoms with Gasteiger partial charge in [-0.1, -0.05) is 13.3 Å². The Kier molecular flexibility index (Phi) is 4.70. The lowest BCUT2D eigenvalue weighted by Crippen LogP contribution is -2.47. The normalized spacial score (nSPS) is 26.4. The molecule has 0 bridgehead atoms. The minimum Gasteiger partial charge on any atom is -0.480 e. The highest BCUT2D eigenvalue weighted by Gasteiger charge is 2.33. The van der Waals surface area contributed by atoms with Crippen molar-refractivity contribution in [3.8, 4) is 0 Å². The van der Waals surface area contributed by atoms with E-state index >= 15 is 0 Å². The molecule has 1 saturated heterocycles. The monoisotopic (exact) mass is 230 g/mol. The van der Waals surface area contributed by atoms with Gasteiger partial charge in [0.2, 0.25) is 5.91 Å². The zero-order chi connectivity index (χ0) is 12.1. The molecule has 6 heteroatoms. The third kappa shape index (κ3) is 3.18. The lowest BCUT2D eigenvalue weighted by atomic mass is 10.0. The van der Waals surface area contributed by atoms with Gasteiger partial charge in [0.25, 0.3) is 0 Å². The molecule has 3 atom stereocenters. The molecule has 1 heterocycles. The Morgan fingerprint density at radius 2 is 2.25 bits per heavy atom. The number of amides is 1. The van der Waals surface area contributed by atoms with E-state index in [1.54, 1.807) is 0 Å². The number of aliphatic carboxylic acids is 1. The molecule has 1 rings (SSSR count). The maximum atomic E-state index is 11.7. The summed E-state index contributed by atoms with van der Waals surface area (Å²) in [5.41, 5.74) is 5.67. The van der Waals surface area contributed by atoms with Gasteiger partial charge in [0.1, 0.15) is 6.04 Å². The van der Waals surface area contributed by atoms with Gasteiger partial charge >= 0.3 is 5.97 Å². The highest BCUT2D eigenvalue weighted by atomic mass is 16.5. The number of carboxylic acids is 1. The maximum Gasteiger partial charge on any atom is 0.326 e. The van der Waals surface area contributed by atoms with Gasteiger partial charge in [-0.05, 0) is 6.42 Å². The summed E-state index contributed by atoms with van der Waals surface area (Å²) < 4.78 is 5.06. The van der Waals surface area contributed by atoms with Crippen LogP contribution in [0.1, 0.15) is 19.8 Å². The lowest BCUT2D eigenvalue weighted by Gasteiger charge is -2.18. The van der Waals surface area contributed by atoms with Gasteiger partial charge in [-0.3, -0.25) is 4.79 Å². The Morgan fingerprint density at radius 3 is 2.69 bits per heavy atom. The van der Waals surface area contributed by atoms with Crippen molar-refractivity contribution in [1.82, 2.24) is 5.32 Å². The summed E-state index contributed by atoms with van der Waals surface area (Å²) in [6.45, 7) is 2.49. The van der Waals surface area contributed by atoms with Crippen LogP contribution >= 0.6 is 0 Å². The molecule has 1 aliphatic rings. The van der Waals surface area contributed by atoms with E-state index in [0.717, 1.165) is 0 Å².